The second-order valence-electron chi connectivity index (χ2n) is 6.02. The highest BCUT2D eigenvalue weighted by molar-refractivity contribution is 7.13. The van der Waals surface area contributed by atoms with Crippen molar-refractivity contribution >= 4 is 23.1 Å². The second-order valence-corrected chi connectivity index (χ2v) is 6.97. The molecule has 1 aliphatic rings. The van der Waals surface area contributed by atoms with Crippen LogP contribution in [0.3, 0.4) is 0 Å². The van der Waals surface area contributed by atoms with Gasteiger partial charge in [-0.1, -0.05) is 19.9 Å². The quantitative estimate of drug-likeness (QED) is 0.657. The minimum Gasteiger partial charge on any atom is -0.348 e. The molecule has 0 saturated carbocycles. The number of aromatic amines is 1. The Kier molecular flexibility index (Phi) is 6.47. The summed E-state index contributed by atoms with van der Waals surface area (Å²) in [5.74, 6) is -2.12. The Labute approximate surface area is 170 Å². The maximum Gasteiger partial charge on any atom is 0.274 e. The van der Waals surface area contributed by atoms with E-state index in [9.17, 15) is 13.6 Å². The van der Waals surface area contributed by atoms with E-state index >= 15 is 0 Å². The molecule has 4 rings (SSSR count). The molecule has 1 amide bonds. The molecule has 0 radical (unpaired) electrons. The van der Waals surface area contributed by atoms with E-state index in [0.29, 0.717) is 11.6 Å². The van der Waals surface area contributed by atoms with Gasteiger partial charge in [-0.05, 0) is 11.4 Å². The van der Waals surface area contributed by atoms with E-state index in [0.717, 1.165) is 4.88 Å². The number of nitrogens with one attached hydrogen (secondary N) is 2. The van der Waals surface area contributed by atoms with E-state index in [1.165, 1.54) is 28.6 Å². The normalized spacial score (nSPS) is 15.0. The van der Waals surface area contributed by atoms with Gasteiger partial charge in [-0.2, -0.15) is 5.10 Å². The smallest absolute Gasteiger partial charge is 0.274 e. The molecule has 3 aromatic heterocycles. The van der Waals surface area contributed by atoms with Crippen LogP contribution in [0.4, 0.5) is 14.6 Å². The molecule has 1 aliphatic heterocycles. The zero-order chi connectivity index (χ0) is 20.9. The molecule has 8 nitrogen and oxygen atoms in total. The highest BCUT2D eigenvalue weighted by atomic mass is 32.1. The van der Waals surface area contributed by atoms with Crippen LogP contribution in [0.5, 0.6) is 0 Å². The van der Waals surface area contributed by atoms with Crippen LogP contribution in [0.2, 0.25) is 0 Å². The molecule has 154 valence electrons. The van der Waals surface area contributed by atoms with Crippen LogP contribution >= 0.6 is 11.3 Å². The van der Waals surface area contributed by atoms with Gasteiger partial charge >= 0.3 is 0 Å². The highest BCUT2D eigenvalue weighted by Crippen LogP contribution is 2.30. The SMILES string of the molecule is CC.O=C(NCc1nc(-c2cccs2)n[nH]1)c1nccnc1N1CCC(F)(F)C1. The topological polar surface area (TPSA) is 99.7 Å². The number of aromatic nitrogens is 5. The molecular formula is C18H21F2N7OS. The first kappa shape index (κ1) is 20.8. The maximum absolute atomic E-state index is 13.5. The molecule has 0 spiro atoms. The molecule has 0 bridgehead atoms. The summed E-state index contributed by atoms with van der Waals surface area (Å²) in [7, 11) is 0. The number of rotatable bonds is 5. The van der Waals surface area contributed by atoms with E-state index in [1.807, 2.05) is 31.4 Å². The highest BCUT2D eigenvalue weighted by Gasteiger charge is 2.40. The van der Waals surface area contributed by atoms with Gasteiger partial charge in [-0.25, -0.2) is 23.7 Å². The number of halogens is 2. The van der Waals surface area contributed by atoms with Crippen molar-refractivity contribution in [1.29, 1.82) is 0 Å². The van der Waals surface area contributed by atoms with Crippen LogP contribution in [0.1, 0.15) is 36.6 Å². The van der Waals surface area contributed by atoms with E-state index < -0.39 is 18.4 Å². The zero-order valence-corrected chi connectivity index (χ0v) is 16.8. The minimum atomic E-state index is -2.79. The van der Waals surface area contributed by atoms with Gasteiger partial charge in [0.05, 0.1) is 18.0 Å². The predicted octanol–water partition coefficient (Wildman–Crippen LogP) is 3.12. The molecule has 0 unspecified atom stereocenters. The van der Waals surface area contributed by atoms with Crippen molar-refractivity contribution in [2.75, 3.05) is 18.0 Å². The van der Waals surface area contributed by atoms with Crippen LogP contribution in [0, 0.1) is 0 Å². The number of nitrogens with zero attached hydrogens (tertiary/aromatic N) is 5. The zero-order valence-electron chi connectivity index (χ0n) is 16.0. The number of hydrogen-bond acceptors (Lipinski definition) is 7. The van der Waals surface area contributed by atoms with Crippen LogP contribution in [-0.2, 0) is 6.54 Å². The van der Waals surface area contributed by atoms with Gasteiger partial charge in [0.2, 0.25) is 0 Å². The molecule has 4 heterocycles. The largest absolute Gasteiger partial charge is 0.348 e. The number of carbonyl (C=O) groups is 1. The Morgan fingerprint density at radius 2 is 2.14 bits per heavy atom. The number of hydrogen-bond donors (Lipinski definition) is 2. The number of H-pyrrole nitrogens is 1. The molecule has 0 atom stereocenters. The van der Waals surface area contributed by atoms with Crippen LogP contribution < -0.4 is 10.2 Å². The first-order chi connectivity index (χ1) is 14.0. The van der Waals surface area contributed by atoms with Crippen molar-refractivity contribution in [1.82, 2.24) is 30.5 Å². The lowest BCUT2D eigenvalue weighted by Gasteiger charge is -2.18. The van der Waals surface area contributed by atoms with Crippen molar-refractivity contribution < 1.29 is 13.6 Å². The molecule has 1 saturated heterocycles. The average Bonchev–Trinajstić information content (AvgIpc) is 3.48. The Morgan fingerprint density at radius 3 is 2.83 bits per heavy atom. The average molecular weight is 421 g/mol. The Hall–Kier alpha value is -2.95. The summed E-state index contributed by atoms with van der Waals surface area (Å²) >= 11 is 1.51. The maximum atomic E-state index is 13.5. The van der Waals surface area contributed by atoms with Crippen molar-refractivity contribution in [2.24, 2.45) is 0 Å². The monoisotopic (exact) mass is 421 g/mol. The lowest BCUT2D eigenvalue weighted by molar-refractivity contribution is 0.0256. The second kappa shape index (κ2) is 9.03. The molecule has 29 heavy (non-hydrogen) atoms. The summed E-state index contributed by atoms with van der Waals surface area (Å²) in [5.41, 5.74) is 0.00759. The third kappa shape index (κ3) is 4.91. The van der Waals surface area contributed by atoms with Gasteiger partial charge in [-0.3, -0.25) is 9.89 Å². The minimum absolute atomic E-state index is 0.00759. The standard InChI is InChI=1S/C16H15F2N7OS.C2H6/c17-16(18)3-6-25(9-16)14-12(19-4-5-20-14)15(26)21-8-11-22-13(24-23-11)10-2-1-7-27-10;1-2/h1-2,4-5,7H,3,6,8-9H2,(H,21,26)(H,22,23,24);1-2H3. The molecule has 11 heteroatoms. The first-order valence-electron chi connectivity index (χ1n) is 9.19. The van der Waals surface area contributed by atoms with Gasteiger partial charge in [0, 0.05) is 25.4 Å². The van der Waals surface area contributed by atoms with Gasteiger partial charge in [0.25, 0.3) is 11.8 Å². The summed E-state index contributed by atoms with van der Waals surface area (Å²) in [6.07, 6.45) is 2.47. The molecule has 0 aliphatic carbocycles. The molecule has 3 aromatic rings. The van der Waals surface area contributed by atoms with E-state index in [2.05, 4.69) is 30.5 Å². The van der Waals surface area contributed by atoms with E-state index in [-0.39, 0.29) is 31.0 Å². The summed E-state index contributed by atoms with van der Waals surface area (Å²) < 4.78 is 27.0. The molecular weight excluding hydrogens is 400 g/mol. The first-order valence-corrected chi connectivity index (χ1v) is 10.1. The van der Waals surface area contributed by atoms with Crippen molar-refractivity contribution in [3.05, 3.63) is 41.4 Å². The van der Waals surface area contributed by atoms with E-state index in [4.69, 9.17) is 0 Å². The fraction of sp³-hybridized carbons (Fsp3) is 0.389. The van der Waals surface area contributed by atoms with Crippen LogP contribution in [0.25, 0.3) is 10.7 Å². The van der Waals surface area contributed by atoms with Gasteiger partial charge in [0.15, 0.2) is 17.3 Å². The summed E-state index contributed by atoms with van der Waals surface area (Å²) in [6.45, 7) is 3.75. The van der Waals surface area contributed by atoms with E-state index in [1.54, 1.807) is 0 Å². The lowest BCUT2D eigenvalue weighted by Crippen LogP contribution is -2.31. The van der Waals surface area contributed by atoms with Crippen molar-refractivity contribution in [3.63, 3.8) is 0 Å². The number of carbonyl (C=O) groups excluding carboxylic acids is 1. The van der Waals surface area contributed by atoms with Crippen molar-refractivity contribution in [3.8, 4) is 10.7 Å². The fourth-order valence-corrected chi connectivity index (χ4v) is 3.43. The van der Waals surface area contributed by atoms with Crippen LogP contribution in [0.15, 0.2) is 29.9 Å². The third-order valence-corrected chi connectivity index (χ3v) is 4.92. The van der Waals surface area contributed by atoms with Gasteiger partial charge in [0.1, 0.15) is 5.82 Å². The Morgan fingerprint density at radius 1 is 1.34 bits per heavy atom. The van der Waals surface area contributed by atoms with Gasteiger partial charge in [-0.15, -0.1) is 11.3 Å². The summed E-state index contributed by atoms with van der Waals surface area (Å²) in [6, 6.07) is 3.79. The number of thiophene rings is 1. The number of anilines is 1. The van der Waals surface area contributed by atoms with Gasteiger partial charge < -0.3 is 10.2 Å². The predicted molar refractivity (Wildman–Crippen MR) is 106 cm³/mol. The van der Waals surface area contributed by atoms with Crippen molar-refractivity contribution in [2.45, 2.75) is 32.7 Å². The number of amides is 1. The Balaban J connectivity index is 0.00000117. The number of alkyl halides is 2. The third-order valence-electron chi connectivity index (χ3n) is 4.05. The summed E-state index contributed by atoms with van der Waals surface area (Å²) in [4.78, 5) is 27.2. The van der Waals surface area contributed by atoms with Crippen LogP contribution in [-0.4, -0.2) is 50.1 Å². The fourth-order valence-electron chi connectivity index (χ4n) is 2.78. The molecule has 0 aromatic carbocycles. The summed E-state index contributed by atoms with van der Waals surface area (Å²) in [5, 5.41) is 11.5. The lowest BCUT2D eigenvalue weighted by atomic mass is 10.3. The Bertz CT molecular complexity index is 945. The molecule has 2 N–H and O–H groups in total. The molecule has 1 fully saturated rings.